The van der Waals surface area contributed by atoms with Crippen LogP contribution in [0.15, 0.2) is 36.9 Å². The van der Waals surface area contributed by atoms with E-state index in [0.29, 0.717) is 6.54 Å². The molecule has 0 saturated carbocycles. The highest BCUT2D eigenvalue weighted by molar-refractivity contribution is 14.1. The van der Waals surface area contributed by atoms with Crippen molar-refractivity contribution in [1.29, 1.82) is 0 Å². The van der Waals surface area contributed by atoms with E-state index in [-0.39, 0.29) is 5.91 Å². The minimum atomic E-state index is 0.0369. The second-order valence-corrected chi connectivity index (χ2v) is 4.12. The van der Waals surface area contributed by atoms with Crippen LogP contribution in [0, 0.1) is 3.57 Å². The van der Waals surface area contributed by atoms with E-state index in [2.05, 4.69) is 29.2 Å². The lowest BCUT2D eigenvalue weighted by atomic mass is 10.2. The van der Waals surface area contributed by atoms with Gasteiger partial charge in [-0.15, -0.1) is 6.58 Å². The third kappa shape index (κ3) is 2.57. The summed E-state index contributed by atoms with van der Waals surface area (Å²) in [6, 6.07) is 7.56. The van der Waals surface area contributed by atoms with E-state index >= 15 is 0 Å². The number of amides is 1. The highest BCUT2D eigenvalue weighted by atomic mass is 127. The van der Waals surface area contributed by atoms with Gasteiger partial charge in [-0.1, -0.05) is 18.2 Å². The molecule has 0 aliphatic heterocycles. The molecule has 0 aromatic heterocycles. The molecule has 1 aromatic rings. The number of benzene rings is 1. The van der Waals surface area contributed by atoms with Crippen LogP contribution in [0.4, 0.5) is 0 Å². The molecule has 0 bridgehead atoms. The minimum Gasteiger partial charge on any atom is -0.338 e. The molecule has 0 aliphatic rings. The summed E-state index contributed by atoms with van der Waals surface area (Å²) in [7, 11) is 1.77. The average Bonchev–Trinajstić information content (AvgIpc) is 2.18. The largest absolute Gasteiger partial charge is 0.338 e. The molecule has 0 saturated heterocycles. The molecule has 1 rings (SSSR count). The Morgan fingerprint density at radius 2 is 2.21 bits per heavy atom. The number of rotatable bonds is 3. The average molecular weight is 301 g/mol. The number of nitrogens with zero attached hydrogens (tertiary/aromatic N) is 1. The normalized spacial score (nSPS) is 9.57. The molecule has 14 heavy (non-hydrogen) atoms. The van der Waals surface area contributed by atoms with E-state index in [1.807, 2.05) is 24.3 Å². The first-order chi connectivity index (χ1) is 6.66. The van der Waals surface area contributed by atoms with Gasteiger partial charge in [-0.2, -0.15) is 0 Å². The van der Waals surface area contributed by atoms with Crippen molar-refractivity contribution in [1.82, 2.24) is 4.90 Å². The smallest absolute Gasteiger partial charge is 0.254 e. The van der Waals surface area contributed by atoms with Gasteiger partial charge < -0.3 is 4.90 Å². The predicted molar refractivity (Wildman–Crippen MR) is 66.3 cm³/mol. The second kappa shape index (κ2) is 5.14. The molecule has 0 N–H and O–H groups in total. The van der Waals surface area contributed by atoms with Gasteiger partial charge in [0.2, 0.25) is 0 Å². The lowest BCUT2D eigenvalue weighted by Gasteiger charge is -2.15. The van der Waals surface area contributed by atoms with Crippen LogP contribution in [0.2, 0.25) is 0 Å². The molecule has 2 nitrogen and oxygen atoms in total. The van der Waals surface area contributed by atoms with Crippen LogP contribution in [-0.2, 0) is 0 Å². The molecule has 0 atom stereocenters. The van der Waals surface area contributed by atoms with Crippen molar-refractivity contribution in [3.63, 3.8) is 0 Å². The third-order valence-corrected chi connectivity index (χ3v) is 2.79. The fourth-order valence-electron chi connectivity index (χ4n) is 1.12. The number of carbonyl (C=O) groups excluding carboxylic acids is 1. The van der Waals surface area contributed by atoms with Crippen LogP contribution in [0.25, 0.3) is 0 Å². The fourth-order valence-corrected chi connectivity index (χ4v) is 1.73. The summed E-state index contributed by atoms with van der Waals surface area (Å²) in [5.74, 6) is 0.0369. The SMILES string of the molecule is C=CCN(C)C(=O)c1ccccc1I. The van der Waals surface area contributed by atoms with Gasteiger partial charge in [0.25, 0.3) is 5.91 Å². The summed E-state index contributed by atoms with van der Waals surface area (Å²) in [4.78, 5) is 13.5. The van der Waals surface area contributed by atoms with Crippen molar-refractivity contribution >= 4 is 28.5 Å². The van der Waals surface area contributed by atoms with Crippen LogP contribution in [0.3, 0.4) is 0 Å². The zero-order valence-electron chi connectivity index (χ0n) is 8.03. The van der Waals surface area contributed by atoms with Crippen molar-refractivity contribution in [3.05, 3.63) is 46.1 Å². The fraction of sp³-hybridized carbons (Fsp3) is 0.182. The summed E-state index contributed by atoms with van der Waals surface area (Å²) in [6.45, 7) is 4.18. The predicted octanol–water partition coefficient (Wildman–Crippen LogP) is 2.55. The van der Waals surface area contributed by atoms with Gasteiger partial charge in [-0.05, 0) is 34.7 Å². The monoisotopic (exact) mass is 301 g/mol. The zero-order valence-corrected chi connectivity index (χ0v) is 10.2. The zero-order chi connectivity index (χ0) is 10.6. The molecule has 0 aliphatic carbocycles. The molecular weight excluding hydrogens is 289 g/mol. The van der Waals surface area contributed by atoms with Gasteiger partial charge in [-0.25, -0.2) is 0 Å². The van der Waals surface area contributed by atoms with Crippen LogP contribution in [-0.4, -0.2) is 24.4 Å². The summed E-state index contributed by atoms with van der Waals surface area (Å²) in [6.07, 6.45) is 1.72. The molecular formula is C11H12INO. The van der Waals surface area contributed by atoms with Crippen LogP contribution in [0.1, 0.15) is 10.4 Å². The molecule has 3 heteroatoms. The van der Waals surface area contributed by atoms with Gasteiger partial charge >= 0.3 is 0 Å². The van der Waals surface area contributed by atoms with Crippen molar-refractivity contribution in [2.75, 3.05) is 13.6 Å². The quantitative estimate of drug-likeness (QED) is 0.620. The van der Waals surface area contributed by atoms with E-state index in [4.69, 9.17) is 0 Å². The van der Waals surface area contributed by atoms with E-state index < -0.39 is 0 Å². The first kappa shape index (κ1) is 11.2. The Morgan fingerprint density at radius 3 is 2.79 bits per heavy atom. The number of hydrogen-bond acceptors (Lipinski definition) is 1. The molecule has 0 heterocycles. The lowest BCUT2D eigenvalue weighted by molar-refractivity contribution is 0.0809. The number of carbonyl (C=O) groups is 1. The minimum absolute atomic E-state index is 0.0369. The van der Waals surface area contributed by atoms with Crippen molar-refractivity contribution in [2.24, 2.45) is 0 Å². The van der Waals surface area contributed by atoms with Crippen molar-refractivity contribution in [2.45, 2.75) is 0 Å². The van der Waals surface area contributed by atoms with Gasteiger partial charge in [-0.3, -0.25) is 4.79 Å². The van der Waals surface area contributed by atoms with Crippen LogP contribution >= 0.6 is 22.6 Å². The molecule has 1 aromatic carbocycles. The third-order valence-electron chi connectivity index (χ3n) is 1.85. The number of likely N-dealkylation sites (N-methyl/N-ethyl adjacent to an activating group) is 1. The standard InChI is InChI=1S/C11H12INO/c1-3-8-13(2)11(14)9-6-4-5-7-10(9)12/h3-7H,1,8H2,2H3. The Balaban J connectivity index is 2.89. The highest BCUT2D eigenvalue weighted by Crippen LogP contribution is 2.13. The molecule has 1 amide bonds. The molecule has 74 valence electrons. The maximum atomic E-state index is 11.8. The summed E-state index contributed by atoms with van der Waals surface area (Å²) < 4.78 is 0.978. The van der Waals surface area contributed by atoms with Gasteiger partial charge in [0.15, 0.2) is 0 Å². The Bertz CT molecular complexity index is 349. The Morgan fingerprint density at radius 1 is 1.57 bits per heavy atom. The van der Waals surface area contributed by atoms with E-state index in [9.17, 15) is 4.79 Å². The first-order valence-corrected chi connectivity index (χ1v) is 5.35. The molecule has 0 radical (unpaired) electrons. The van der Waals surface area contributed by atoms with E-state index in [1.54, 1.807) is 18.0 Å². The van der Waals surface area contributed by atoms with Gasteiger partial charge in [0, 0.05) is 17.2 Å². The van der Waals surface area contributed by atoms with Crippen molar-refractivity contribution < 1.29 is 4.79 Å². The summed E-state index contributed by atoms with van der Waals surface area (Å²) >= 11 is 2.16. The maximum Gasteiger partial charge on any atom is 0.254 e. The summed E-state index contributed by atoms with van der Waals surface area (Å²) in [5.41, 5.74) is 0.748. The molecule has 0 spiro atoms. The Kier molecular flexibility index (Phi) is 4.13. The van der Waals surface area contributed by atoms with Crippen molar-refractivity contribution in [3.8, 4) is 0 Å². The number of hydrogen-bond donors (Lipinski definition) is 0. The Labute approximate surface area is 97.7 Å². The van der Waals surface area contributed by atoms with Crippen LogP contribution < -0.4 is 0 Å². The highest BCUT2D eigenvalue weighted by Gasteiger charge is 2.12. The maximum absolute atomic E-state index is 11.8. The van der Waals surface area contributed by atoms with Gasteiger partial charge in [0.05, 0.1) is 5.56 Å². The van der Waals surface area contributed by atoms with Crippen LogP contribution in [0.5, 0.6) is 0 Å². The Hall–Kier alpha value is -0.840. The topological polar surface area (TPSA) is 20.3 Å². The lowest BCUT2D eigenvalue weighted by Crippen LogP contribution is -2.27. The van der Waals surface area contributed by atoms with E-state index in [1.165, 1.54) is 0 Å². The molecule has 0 fully saturated rings. The number of halogens is 1. The van der Waals surface area contributed by atoms with Gasteiger partial charge in [0.1, 0.15) is 0 Å². The van der Waals surface area contributed by atoms with E-state index in [0.717, 1.165) is 9.13 Å². The molecule has 0 unspecified atom stereocenters. The summed E-state index contributed by atoms with van der Waals surface area (Å²) in [5, 5.41) is 0. The second-order valence-electron chi connectivity index (χ2n) is 2.95. The first-order valence-electron chi connectivity index (χ1n) is 4.27.